The topological polar surface area (TPSA) is 90.3 Å². The summed E-state index contributed by atoms with van der Waals surface area (Å²) in [5, 5.41) is 5.91. The van der Waals surface area contributed by atoms with Crippen molar-refractivity contribution >= 4 is 40.6 Å². The number of nitrogens with zero attached hydrogens (tertiary/aromatic N) is 2. The van der Waals surface area contributed by atoms with Crippen LogP contribution in [-0.4, -0.2) is 33.8 Å². The second kappa shape index (κ2) is 9.89. The molecule has 31 heavy (non-hydrogen) atoms. The zero-order valence-electron chi connectivity index (χ0n) is 17.3. The molecule has 0 aliphatic carbocycles. The summed E-state index contributed by atoms with van der Waals surface area (Å²) in [4.78, 5) is 40.9. The lowest BCUT2D eigenvalue weighted by Crippen LogP contribution is -2.29. The Morgan fingerprint density at radius 1 is 1.23 bits per heavy atom. The molecule has 0 aliphatic rings. The molecule has 162 valence electrons. The van der Waals surface area contributed by atoms with E-state index in [-0.39, 0.29) is 24.7 Å². The van der Waals surface area contributed by atoms with Crippen molar-refractivity contribution in [3.8, 4) is 5.13 Å². The van der Waals surface area contributed by atoms with E-state index in [0.717, 1.165) is 22.1 Å². The third-order valence-electron chi connectivity index (χ3n) is 4.73. The van der Waals surface area contributed by atoms with Crippen molar-refractivity contribution < 1.29 is 19.1 Å². The number of esters is 1. The fourth-order valence-corrected chi connectivity index (χ4v) is 4.19. The number of thiazole rings is 1. The van der Waals surface area contributed by atoms with Gasteiger partial charge in [0.05, 0.1) is 12.5 Å². The maximum Gasteiger partial charge on any atom is 0.308 e. The monoisotopic (exact) mass is 459 g/mol. The number of benzene rings is 1. The standard InChI is InChI=1S/C22H22ClN3O4S/c1-13-10-18(14(2)26(13)22-24-8-9-31-22)20(28)12-30-21(29)11-19(25-15(3)27)16-4-6-17(23)7-5-16/h4-10,19H,11-12H2,1-3H3,(H,25,27). The minimum atomic E-state index is -0.587. The number of carbonyl (C=O) groups excluding carboxylic acids is 3. The third kappa shape index (κ3) is 5.59. The van der Waals surface area contributed by atoms with Crippen LogP contribution in [0.3, 0.4) is 0 Å². The van der Waals surface area contributed by atoms with Crippen molar-refractivity contribution in [2.45, 2.75) is 33.2 Å². The summed E-state index contributed by atoms with van der Waals surface area (Å²) in [5.41, 5.74) is 2.81. The maximum absolute atomic E-state index is 12.7. The number of hydrogen-bond donors (Lipinski definition) is 1. The second-order valence-electron chi connectivity index (χ2n) is 7.03. The largest absolute Gasteiger partial charge is 0.457 e. The Hall–Kier alpha value is -2.97. The molecule has 2 aromatic heterocycles. The van der Waals surface area contributed by atoms with Crippen LogP contribution in [0.25, 0.3) is 5.13 Å². The zero-order valence-corrected chi connectivity index (χ0v) is 18.9. The molecule has 1 aromatic carbocycles. The summed E-state index contributed by atoms with van der Waals surface area (Å²) in [7, 11) is 0. The van der Waals surface area contributed by atoms with E-state index < -0.39 is 12.0 Å². The minimum Gasteiger partial charge on any atom is -0.457 e. The van der Waals surface area contributed by atoms with E-state index in [2.05, 4.69) is 10.3 Å². The molecule has 0 bridgehead atoms. The quantitative estimate of drug-likeness (QED) is 0.402. The van der Waals surface area contributed by atoms with Crippen LogP contribution in [0.4, 0.5) is 0 Å². The van der Waals surface area contributed by atoms with E-state index in [0.29, 0.717) is 10.6 Å². The number of hydrogen-bond acceptors (Lipinski definition) is 6. The normalized spacial score (nSPS) is 11.7. The lowest BCUT2D eigenvalue weighted by Gasteiger charge is -2.17. The summed E-state index contributed by atoms with van der Waals surface area (Å²) in [6, 6.07) is 8.01. The predicted octanol–water partition coefficient (Wildman–Crippen LogP) is 4.20. The number of aromatic nitrogens is 2. The first-order valence-corrected chi connectivity index (χ1v) is 10.8. The van der Waals surface area contributed by atoms with Crippen LogP contribution in [0.5, 0.6) is 0 Å². The van der Waals surface area contributed by atoms with E-state index in [1.165, 1.54) is 18.3 Å². The number of aryl methyl sites for hydroxylation is 1. The first-order valence-electron chi connectivity index (χ1n) is 9.56. The van der Waals surface area contributed by atoms with Crippen molar-refractivity contribution in [2.24, 2.45) is 0 Å². The van der Waals surface area contributed by atoms with Crippen LogP contribution in [0.15, 0.2) is 41.9 Å². The molecule has 3 rings (SSSR count). The summed E-state index contributed by atoms with van der Waals surface area (Å²) in [6.45, 7) is 4.71. The molecule has 9 heteroatoms. The number of carbonyl (C=O) groups is 3. The van der Waals surface area contributed by atoms with E-state index in [1.54, 1.807) is 36.5 Å². The smallest absolute Gasteiger partial charge is 0.308 e. The third-order valence-corrected chi connectivity index (χ3v) is 5.74. The van der Waals surface area contributed by atoms with Gasteiger partial charge in [-0.1, -0.05) is 23.7 Å². The van der Waals surface area contributed by atoms with Crippen LogP contribution in [0.1, 0.15) is 46.7 Å². The molecule has 1 unspecified atom stereocenters. The molecule has 0 radical (unpaired) electrons. The number of amides is 1. The molecule has 0 spiro atoms. The van der Waals surface area contributed by atoms with Crippen molar-refractivity contribution in [1.29, 1.82) is 0 Å². The van der Waals surface area contributed by atoms with Crippen molar-refractivity contribution in [1.82, 2.24) is 14.9 Å². The van der Waals surface area contributed by atoms with Crippen LogP contribution >= 0.6 is 22.9 Å². The van der Waals surface area contributed by atoms with Gasteiger partial charge in [-0.25, -0.2) is 4.98 Å². The highest BCUT2D eigenvalue weighted by Crippen LogP contribution is 2.23. The Balaban J connectivity index is 1.65. The van der Waals surface area contributed by atoms with E-state index in [9.17, 15) is 14.4 Å². The summed E-state index contributed by atoms with van der Waals surface area (Å²) in [5.74, 6) is -1.17. The van der Waals surface area contributed by atoms with Gasteiger partial charge in [-0.3, -0.25) is 19.0 Å². The highest BCUT2D eigenvalue weighted by molar-refractivity contribution is 7.12. The molecule has 0 aliphatic heterocycles. The van der Waals surface area contributed by atoms with Gasteiger partial charge < -0.3 is 10.1 Å². The predicted molar refractivity (Wildman–Crippen MR) is 119 cm³/mol. The number of halogens is 1. The Labute approximate surface area is 189 Å². The fraction of sp³-hybridized carbons (Fsp3) is 0.273. The Morgan fingerprint density at radius 2 is 1.94 bits per heavy atom. The number of nitrogens with one attached hydrogen (secondary N) is 1. The molecule has 0 saturated carbocycles. The Kier molecular flexibility index (Phi) is 7.25. The van der Waals surface area contributed by atoms with Crippen LogP contribution in [0.2, 0.25) is 5.02 Å². The van der Waals surface area contributed by atoms with Gasteiger partial charge in [-0.05, 0) is 37.6 Å². The maximum atomic E-state index is 12.7. The average molecular weight is 460 g/mol. The fourth-order valence-electron chi connectivity index (χ4n) is 3.31. The van der Waals surface area contributed by atoms with Gasteiger partial charge in [-0.2, -0.15) is 0 Å². The van der Waals surface area contributed by atoms with Gasteiger partial charge in [0.15, 0.2) is 11.7 Å². The molecule has 1 N–H and O–H groups in total. The first kappa shape index (κ1) is 22.7. The van der Waals surface area contributed by atoms with E-state index in [1.807, 2.05) is 23.8 Å². The number of ketones is 1. The number of ether oxygens (including phenoxy) is 1. The van der Waals surface area contributed by atoms with Gasteiger partial charge in [0.2, 0.25) is 11.7 Å². The Bertz CT molecular complexity index is 1090. The highest BCUT2D eigenvalue weighted by Gasteiger charge is 2.21. The summed E-state index contributed by atoms with van der Waals surface area (Å²) >= 11 is 7.38. The molecular weight excluding hydrogens is 438 g/mol. The van der Waals surface area contributed by atoms with E-state index in [4.69, 9.17) is 16.3 Å². The van der Waals surface area contributed by atoms with Crippen molar-refractivity contribution in [3.63, 3.8) is 0 Å². The lowest BCUT2D eigenvalue weighted by molar-refractivity contribution is -0.143. The van der Waals surface area contributed by atoms with Crippen molar-refractivity contribution in [2.75, 3.05) is 6.61 Å². The van der Waals surface area contributed by atoms with Crippen LogP contribution in [0, 0.1) is 13.8 Å². The SMILES string of the molecule is CC(=O)NC(CC(=O)OCC(=O)c1cc(C)n(-c2nccs2)c1C)c1ccc(Cl)cc1. The van der Waals surface area contributed by atoms with Crippen molar-refractivity contribution in [3.05, 3.63) is 69.4 Å². The highest BCUT2D eigenvalue weighted by atomic mass is 35.5. The molecular formula is C22H22ClN3O4S. The van der Waals surface area contributed by atoms with Gasteiger partial charge >= 0.3 is 5.97 Å². The van der Waals surface area contributed by atoms with Gasteiger partial charge in [0.25, 0.3) is 0 Å². The molecule has 1 atom stereocenters. The summed E-state index contributed by atoms with van der Waals surface area (Å²) < 4.78 is 7.12. The molecule has 1 amide bonds. The molecule has 0 fully saturated rings. The van der Waals surface area contributed by atoms with E-state index >= 15 is 0 Å². The zero-order chi connectivity index (χ0) is 22.5. The minimum absolute atomic E-state index is 0.105. The van der Waals surface area contributed by atoms with Gasteiger partial charge in [-0.15, -0.1) is 11.3 Å². The lowest BCUT2D eigenvalue weighted by atomic mass is 10.0. The van der Waals surface area contributed by atoms with Crippen LogP contribution in [-0.2, 0) is 14.3 Å². The number of rotatable bonds is 8. The second-order valence-corrected chi connectivity index (χ2v) is 8.34. The van der Waals surface area contributed by atoms with Gasteiger partial charge in [0, 0.05) is 40.5 Å². The molecule has 0 saturated heterocycles. The van der Waals surface area contributed by atoms with Gasteiger partial charge in [0.1, 0.15) is 0 Å². The molecule has 3 aromatic rings. The number of Topliss-reactive ketones (excluding diaryl/α,β-unsaturated/α-hetero) is 1. The van der Waals surface area contributed by atoms with Crippen LogP contribution < -0.4 is 5.32 Å². The molecule has 2 heterocycles. The first-order chi connectivity index (χ1) is 14.8. The summed E-state index contributed by atoms with van der Waals surface area (Å²) in [6.07, 6.45) is 1.60. The Morgan fingerprint density at radius 3 is 2.55 bits per heavy atom. The average Bonchev–Trinajstić information content (AvgIpc) is 3.33. The molecule has 7 nitrogen and oxygen atoms in total.